The van der Waals surface area contributed by atoms with Crippen molar-refractivity contribution in [1.82, 2.24) is 20.2 Å². The van der Waals surface area contributed by atoms with E-state index in [9.17, 15) is 0 Å². The molecular formula is C20H31N5O. The third-order valence-electron chi connectivity index (χ3n) is 3.93. The molecule has 1 heterocycles. The molecule has 0 aliphatic rings. The van der Waals surface area contributed by atoms with Gasteiger partial charge in [-0.2, -0.15) is 0 Å². The molecule has 0 radical (unpaired) electrons. The summed E-state index contributed by atoms with van der Waals surface area (Å²) in [6, 6.07) is 8.26. The van der Waals surface area contributed by atoms with Crippen molar-refractivity contribution >= 4 is 5.96 Å². The number of aromatic nitrogens is 2. The topological polar surface area (TPSA) is 63.5 Å². The van der Waals surface area contributed by atoms with Crippen molar-refractivity contribution in [2.45, 2.75) is 39.7 Å². The Kier molecular flexibility index (Phi) is 9.29. The number of hydrogen-bond acceptors (Lipinski definition) is 3. The van der Waals surface area contributed by atoms with E-state index in [4.69, 9.17) is 9.73 Å². The molecule has 0 saturated heterocycles. The van der Waals surface area contributed by atoms with Crippen molar-refractivity contribution in [3.8, 4) is 5.69 Å². The molecule has 0 aliphatic heterocycles. The number of imidazole rings is 1. The number of nitrogens with one attached hydrogen (secondary N) is 2. The highest BCUT2D eigenvalue weighted by Crippen LogP contribution is 2.14. The van der Waals surface area contributed by atoms with Gasteiger partial charge in [0.15, 0.2) is 5.96 Å². The second-order valence-electron chi connectivity index (χ2n) is 6.04. The Balaban J connectivity index is 1.87. The fourth-order valence-electron chi connectivity index (χ4n) is 2.53. The van der Waals surface area contributed by atoms with Crippen molar-refractivity contribution in [2.75, 3.05) is 26.3 Å². The minimum absolute atomic E-state index is 0.608. The lowest BCUT2D eigenvalue weighted by molar-refractivity contribution is 0.129. The minimum Gasteiger partial charge on any atom is -0.381 e. The fourth-order valence-corrected chi connectivity index (χ4v) is 2.53. The van der Waals surface area contributed by atoms with Gasteiger partial charge in [0, 0.05) is 38.7 Å². The van der Waals surface area contributed by atoms with Gasteiger partial charge in [-0.1, -0.05) is 31.5 Å². The van der Waals surface area contributed by atoms with Gasteiger partial charge in [0.05, 0.1) is 18.6 Å². The average Bonchev–Trinajstić information content (AvgIpc) is 3.20. The van der Waals surface area contributed by atoms with Crippen molar-refractivity contribution in [3.63, 3.8) is 0 Å². The third-order valence-corrected chi connectivity index (χ3v) is 3.93. The van der Waals surface area contributed by atoms with Crippen LogP contribution in [0, 0.1) is 0 Å². The Morgan fingerprint density at radius 1 is 1.15 bits per heavy atom. The van der Waals surface area contributed by atoms with Crippen molar-refractivity contribution < 1.29 is 4.74 Å². The first-order valence-corrected chi connectivity index (χ1v) is 9.51. The maximum Gasteiger partial charge on any atom is 0.191 e. The lowest BCUT2D eigenvalue weighted by atomic mass is 10.2. The number of hydrogen-bond donors (Lipinski definition) is 2. The Morgan fingerprint density at radius 3 is 2.77 bits per heavy atom. The molecule has 6 nitrogen and oxygen atoms in total. The summed E-state index contributed by atoms with van der Waals surface area (Å²) in [5.74, 6) is 0.835. The van der Waals surface area contributed by atoms with Crippen LogP contribution in [-0.2, 0) is 11.3 Å². The highest BCUT2D eigenvalue weighted by Gasteiger charge is 2.04. The van der Waals surface area contributed by atoms with Crippen LogP contribution in [0.3, 0.4) is 0 Å². The monoisotopic (exact) mass is 357 g/mol. The fraction of sp³-hybridized carbons (Fsp3) is 0.500. The van der Waals surface area contributed by atoms with Gasteiger partial charge in [0.25, 0.3) is 0 Å². The predicted octanol–water partition coefficient (Wildman–Crippen LogP) is 3.13. The van der Waals surface area contributed by atoms with E-state index in [1.807, 2.05) is 29.2 Å². The number of benzene rings is 1. The van der Waals surface area contributed by atoms with Crippen molar-refractivity contribution in [1.29, 1.82) is 0 Å². The Morgan fingerprint density at radius 2 is 2.00 bits per heavy atom. The Bertz CT molecular complexity index is 639. The molecule has 2 aromatic rings. The number of aliphatic imine (C=N–C) groups is 1. The van der Waals surface area contributed by atoms with Gasteiger partial charge in [-0.05, 0) is 31.4 Å². The molecule has 0 unspecified atom stereocenters. The van der Waals surface area contributed by atoms with E-state index in [1.165, 1.54) is 6.42 Å². The third kappa shape index (κ3) is 6.88. The number of ether oxygens (including phenoxy) is 1. The Labute approximate surface area is 156 Å². The number of nitrogens with zero attached hydrogens (tertiary/aromatic N) is 3. The number of para-hydroxylation sites is 1. The van der Waals surface area contributed by atoms with Gasteiger partial charge in [-0.25, -0.2) is 9.98 Å². The van der Waals surface area contributed by atoms with E-state index in [-0.39, 0.29) is 0 Å². The summed E-state index contributed by atoms with van der Waals surface area (Å²) in [5.41, 5.74) is 2.26. The molecule has 0 saturated carbocycles. The molecule has 142 valence electrons. The van der Waals surface area contributed by atoms with Gasteiger partial charge in [0.1, 0.15) is 0 Å². The number of guanidine groups is 1. The zero-order chi connectivity index (χ0) is 18.5. The molecule has 26 heavy (non-hydrogen) atoms. The van der Waals surface area contributed by atoms with Gasteiger partial charge in [-0.15, -0.1) is 0 Å². The molecule has 0 aliphatic carbocycles. The summed E-state index contributed by atoms with van der Waals surface area (Å²) in [4.78, 5) is 8.85. The van der Waals surface area contributed by atoms with Crippen LogP contribution in [-0.4, -0.2) is 41.8 Å². The minimum atomic E-state index is 0.608. The zero-order valence-corrected chi connectivity index (χ0v) is 15.9. The molecular weight excluding hydrogens is 326 g/mol. The van der Waals surface area contributed by atoms with E-state index >= 15 is 0 Å². The highest BCUT2D eigenvalue weighted by atomic mass is 16.5. The van der Waals surface area contributed by atoms with Crippen LogP contribution >= 0.6 is 0 Å². The maximum absolute atomic E-state index is 5.59. The normalized spacial score (nSPS) is 11.5. The van der Waals surface area contributed by atoms with Crippen LogP contribution in [0.25, 0.3) is 5.69 Å². The second-order valence-corrected chi connectivity index (χ2v) is 6.04. The summed E-state index contributed by atoms with van der Waals surface area (Å²) < 4.78 is 7.61. The quantitative estimate of drug-likeness (QED) is 0.368. The van der Waals surface area contributed by atoms with Crippen molar-refractivity contribution in [2.24, 2.45) is 4.99 Å². The highest BCUT2D eigenvalue weighted by molar-refractivity contribution is 5.79. The molecule has 2 rings (SSSR count). The lowest BCUT2D eigenvalue weighted by Crippen LogP contribution is -2.38. The molecule has 0 fully saturated rings. The van der Waals surface area contributed by atoms with E-state index in [0.717, 1.165) is 56.4 Å². The molecule has 0 bridgehead atoms. The van der Waals surface area contributed by atoms with E-state index in [2.05, 4.69) is 41.6 Å². The molecule has 1 aromatic carbocycles. The smallest absolute Gasteiger partial charge is 0.191 e. The molecule has 2 N–H and O–H groups in total. The molecule has 0 amide bonds. The maximum atomic E-state index is 5.59. The van der Waals surface area contributed by atoms with E-state index < -0.39 is 0 Å². The molecule has 6 heteroatoms. The number of unbranched alkanes of at least 4 members (excludes halogenated alkanes) is 1. The lowest BCUT2D eigenvalue weighted by Gasteiger charge is -2.13. The summed E-state index contributed by atoms with van der Waals surface area (Å²) >= 11 is 0. The summed E-state index contributed by atoms with van der Waals surface area (Å²) in [7, 11) is 0. The number of rotatable bonds is 11. The first-order chi connectivity index (χ1) is 12.8. The van der Waals surface area contributed by atoms with E-state index in [1.54, 1.807) is 6.20 Å². The first kappa shape index (κ1) is 20.0. The molecule has 1 aromatic heterocycles. The summed E-state index contributed by atoms with van der Waals surface area (Å²) in [5, 5.41) is 6.67. The Hall–Kier alpha value is -2.34. The predicted molar refractivity (Wildman–Crippen MR) is 107 cm³/mol. The van der Waals surface area contributed by atoms with Gasteiger partial charge >= 0.3 is 0 Å². The zero-order valence-electron chi connectivity index (χ0n) is 15.9. The van der Waals surface area contributed by atoms with Crippen LogP contribution in [0.15, 0.2) is 48.0 Å². The van der Waals surface area contributed by atoms with Gasteiger partial charge in [0.2, 0.25) is 0 Å². The SMILES string of the molecule is CCCCOCCCNC(=NCc1ccccc1-n1ccnc1)NCC. The van der Waals surface area contributed by atoms with Gasteiger partial charge in [-0.3, -0.25) is 0 Å². The summed E-state index contributed by atoms with van der Waals surface area (Å²) in [6.07, 6.45) is 8.83. The molecule has 0 spiro atoms. The summed E-state index contributed by atoms with van der Waals surface area (Å²) in [6.45, 7) is 8.19. The van der Waals surface area contributed by atoms with E-state index in [0.29, 0.717) is 6.54 Å². The largest absolute Gasteiger partial charge is 0.381 e. The van der Waals surface area contributed by atoms with Crippen molar-refractivity contribution in [3.05, 3.63) is 48.5 Å². The van der Waals surface area contributed by atoms with Crippen LogP contribution in [0.4, 0.5) is 0 Å². The van der Waals surface area contributed by atoms with Crippen LogP contribution in [0.1, 0.15) is 38.7 Å². The van der Waals surface area contributed by atoms with Crippen LogP contribution < -0.4 is 10.6 Å². The van der Waals surface area contributed by atoms with Crippen LogP contribution in [0.2, 0.25) is 0 Å². The van der Waals surface area contributed by atoms with Gasteiger partial charge < -0.3 is 19.9 Å². The molecule has 0 atom stereocenters. The second kappa shape index (κ2) is 12.1. The van der Waals surface area contributed by atoms with Crippen LogP contribution in [0.5, 0.6) is 0 Å². The first-order valence-electron chi connectivity index (χ1n) is 9.51. The standard InChI is InChI=1S/C20H31N5O/c1-3-5-14-26-15-8-11-23-20(22-4-2)24-16-18-9-6-7-10-19(18)25-13-12-21-17-25/h6-7,9-10,12-13,17H,3-5,8,11,14-16H2,1-2H3,(H2,22,23,24). The average molecular weight is 358 g/mol.